The van der Waals surface area contributed by atoms with E-state index in [0.717, 1.165) is 73.5 Å². The van der Waals surface area contributed by atoms with Crippen LogP contribution >= 0.6 is 15.9 Å². The first kappa shape index (κ1) is 53.9. The summed E-state index contributed by atoms with van der Waals surface area (Å²) in [6.07, 6.45) is 0.946. The molecule has 0 atom stereocenters. The molecule has 416 valence electrons. The number of aliphatic imine (C=N–C) groups is 1. The fourth-order valence-corrected chi connectivity index (χ4v) is 10.6. The molecule has 20 nitrogen and oxygen atoms in total. The van der Waals surface area contributed by atoms with Gasteiger partial charge in [-0.3, -0.25) is 19.2 Å². The van der Waals surface area contributed by atoms with Gasteiger partial charge in [0.25, 0.3) is 16.7 Å². The molecule has 0 unspecified atom stereocenters. The number of aromatic amines is 3. The van der Waals surface area contributed by atoms with Gasteiger partial charge in [0.2, 0.25) is 5.43 Å². The standard InChI is InChI=1S/C16H11BrO4.C16H13N5O2.C16H12N2O2.C15H11N3O2/c1-20-16(19)10-3-2-4-13-14(10)15(18)11-7-9(8-17)5-6-12(11)21-13;17-16(18)19-7-8-4-5-11-10(6-8)14-13-9(15(22)21-20-14)2-1-3-12(13)23-11;1-2-9-6-7-12-11(8-9)15-14-10(16(19)18-17-15)4-3-5-13(14)20-12;16-7-8-4-5-11-10(6-8)14-13-9(15(19)18-17-14)2-1-3-12(13)20-11/h2-7H,8H2,1H3;1-6H,7H2,(H,21,22)(H4,17,18,19);3-8H,2H2,1H3,(H,18,19);1-6H,7,16H2,(H,18,19). The van der Waals surface area contributed by atoms with Crippen LogP contribution in [0.25, 0.3) is 88.0 Å². The Morgan fingerprint density at radius 2 is 1.00 bits per heavy atom. The van der Waals surface area contributed by atoms with Crippen LogP contribution in [-0.4, -0.2) is 49.6 Å². The van der Waals surface area contributed by atoms with Crippen LogP contribution in [0, 0.1) is 0 Å². The van der Waals surface area contributed by atoms with Crippen LogP contribution in [0.1, 0.15) is 39.5 Å². The molecule has 0 bridgehead atoms. The number of H-pyrrole nitrogens is 3. The molecule has 12 aromatic rings. The minimum Gasteiger partial charge on any atom is -0.465 e. The second-order valence-corrected chi connectivity index (χ2v) is 20.0. The molecule has 3 aliphatic rings. The number of alkyl halides is 1. The highest BCUT2D eigenvalue weighted by molar-refractivity contribution is 9.08. The third kappa shape index (κ3) is 9.81. The predicted octanol–water partition coefficient (Wildman–Crippen LogP) is 10.5. The molecular weight excluding hydrogens is 1140 g/mol. The van der Waals surface area contributed by atoms with Crippen LogP contribution in [0.3, 0.4) is 0 Å². The van der Waals surface area contributed by atoms with E-state index in [1.165, 1.54) is 12.7 Å². The molecule has 0 amide bonds. The maximum absolute atomic E-state index is 12.7. The van der Waals surface area contributed by atoms with Crippen LogP contribution in [-0.2, 0) is 29.6 Å². The number of nitrogens with zero attached hydrogens (tertiary/aromatic N) is 4. The van der Waals surface area contributed by atoms with E-state index in [1.807, 2.05) is 72.8 Å². The number of hydrogen-bond donors (Lipinski definition) is 6. The first-order valence-corrected chi connectivity index (χ1v) is 27.3. The summed E-state index contributed by atoms with van der Waals surface area (Å²) in [5.41, 5.74) is 25.5. The van der Waals surface area contributed by atoms with Gasteiger partial charge in [0.1, 0.15) is 62.7 Å². The van der Waals surface area contributed by atoms with Gasteiger partial charge >= 0.3 is 5.97 Å². The molecule has 15 rings (SSSR count). The van der Waals surface area contributed by atoms with Crippen molar-refractivity contribution in [1.82, 2.24) is 30.6 Å². The van der Waals surface area contributed by atoms with Crippen LogP contribution in [0.2, 0.25) is 0 Å². The Labute approximate surface area is 482 Å². The van der Waals surface area contributed by atoms with Crippen LogP contribution in [0.4, 0.5) is 0 Å². The zero-order valence-electron chi connectivity index (χ0n) is 44.7. The molecule has 0 fully saturated rings. The van der Waals surface area contributed by atoms with E-state index >= 15 is 0 Å². The van der Waals surface area contributed by atoms with E-state index in [9.17, 15) is 24.0 Å². The number of methoxy groups -OCH3 is 1. The van der Waals surface area contributed by atoms with Crippen molar-refractivity contribution in [3.8, 4) is 68.3 Å². The Hall–Kier alpha value is -10.8. The third-order valence-corrected chi connectivity index (χ3v) is 14.9. The SMILES string of the molecule is CCc1ccc2c(c1)-c1n[nH]c(=O)c3cccc(c13)O2.COC(=O)c1cccc2oc3ccc(CBr)cc3c(=O)c12.NC(N)=NCc1ccc2c(c1)-c1n[nH]c(=O)c3cccc(c13)O2.NCc1ccc2c(c1)-c1n[nH]c(=O)c3cccc(c13)O2. The second-order valence-electron chi connectivity index (χ2n) is 19.4. The molecule has 4 aromatic heterocycles. The Balaban J connectivity index is 0.000000110. The van der Waals surface area contributed by atoms with Crippen molar-refractivity contribution in [2.45, 2.75) is 31.8 Å². The summed E-state index contributed by atoms with van der Waals surface area (Å²) in [4.78, 5) is 64.3. The topological polar surface area (TPSA) is 312 Å². The van der Waals surface area contributed by atoms with Gasteiger partial charge in [-0.05, 0) is 126 Å². The number of carbonyl (C=O) groups is 1. The molecular formula is C63H47BrN10O10. The number of fused-ring (bicyclic) bond motifs is 8. The molecule has 0 saturated carbocycles. The number of ether oxygens (including phenoxy) is 4. The summed E-state index contributed by atoms with van der Waals surface area (Å²) in [6.45, 7) is 2.92. The average molecular weight is 1180 g/mol. The molecule has 0 aliphatic carbocycles. The quantitative estimate of drug-likeness (QED) is 0.0296. The maximum Gasteiger partial charge on any atom is 0.338 e. The van der Waals surface area contributed by atoms with Crippen LogP contribution < -0.4 is 53.5 Å². The molecule has 3 aliphatic heterocycles. The second kappa shape index (κ2) is 22.3. The van der Waals surface area contributed by atoms with Gasteiger partial charge in [-0.25, -0.2) is 25.1 Å². The number of nitrogens with one attached hydrogen (secondary N) is 3. The molecule has 0 saturated heterocycles. The first-order valence-electron chi connectivity index (χ1n) is 26.2. The smallest absolute Gasteiger partial charge is 0.338 e. The highest BCUT2D eigenvalue weighted by Crippen LogP contribution is 2.47. The number of rotatable bonds is 6. The van der Waals surface area contributed by atoms with Gasteiger partial charge in [0, 0.05) is 28.6 Å². The number of nitrogens with two attached hydrogens (primary N) is 3. The lowest BCUT2D eigenvalue weighted by Crippen LogP contribution is -2.22. The summed E-state index contributed by atoms with van der Waals surface area (Å²) in [5.74, 6) is 3.64. The van der Waals surface area contributed by atoms with Crippen molar-refractivity contribution in [2.24, 2.45) is 22.2 Å². The summed E-state index contributed by atoms with van der Waals surface area (Å²) in [6, 6.07) is 44.1. The number of esters is 1. The number of halogens is 1. The van der Waals surface area contributed by atoms with E-state index in [2.05, 4.69) is 70.6 Å². The Morgan fingerprint density at radius 1 is 0.536 bits per heavy atom. The lowest BCUT2D eigenvalue weighted by atomic mass is 9.98. The van der Waals surface area contributed by atoms with Crippen molar-refractivity contribution in [3.05, 3.63) is 215 Å². The van der Waals surface area contributed by atoms with Crippen LogP contribution in [0.15, 0.2) is 174 Å². The van der Waals surface area contributed by atoms with E-state index < -0.39 is 5.97 Å². The van der Waals surface area contributed by atoms with Crippen molar-refractivity contribution in [3.63, 3.8) is 0 Å². The van der Waals surface area contributed by atoms with E-state index in [1.54, 1.807) is 60.7 Å². The fourth-order valence-electron chi connectivity index (χ4n) is 10.2. The first-order chi connectivity index (χ1) is 40.8. The number of benzene rings is 8. The third-order valence-electron chi connectivity index (χ3n) is 14.3. The summed E-state index contributed by atoms with van der Waals surface area (Å²) in [5, 5.41) is 25.6. The highest BCUT2D eigenvalue weighted by Gasteiger charge is 2.26. The highest BCUT2D eigenvalue weighted by atomic mass is 79.9. The van der Waals surface area contributed by atoms with E-state index in [-0.39, 0.29) is 39.0 Å². The Morgan fingerprint density at radius 3 is 1.48 bits per heavy atom. The zero-order valence-corrected chi connectivity index (χ0v) is 46.3. The number of hydrogen-bond acceptors (Lipinski definition) is 15. The maximum atomic E-state index is 12.7. The van der Waals surface area contributed by atoms with Crippen molar-refractivity contribution >= 4 is 82.1 Å². The lowest BCUT2D eigenvalue weighted by molar-refractivity contribution is 0.0602. The van der Waals surface area contributed by atoms with Gasteiger partial charge in [-0.1, -0.05) is 71.4 Å². The molecule has 21 heteroatoms. The number of aromatic nitrogens is 6. The van der Waals surface area contributed by atoms with Crippen LogP contribution in [0.5, 0.6) is 34.5 Å². The van der Waals surface area contributed by atoms with Gasteiger partial charge < -0.3 is 40.6 Å². The summed E-state index contributed by atoms with van der Waals surface area (Å²) >= 11 is 3.36. The van der Waals surface area contributed by atoms with Gasteiger partial charge in [0.15, 0.2) is 5.96 Å². The van der Waals surface area contributed by atoms with E-state index in [0.29, 0.717) is 85.2 Å². The molecule has 7 heterocycles. The normalized spacial score (nSPS) is 11.7. The van der Waals surface area contributed by atoms with Crippen molar-refractivity contribution < 1.29 is 28.2 Å². The van der Waals surface area contributed by atoms with Crippen molar-refractivity contribution in [2.75, 3.05) is 7.11 Å². The fraction of sp³-hybridized carbons (Fsp3) is 0.0952. The molecule has 0 spiro atoms. The Bertz CT molecular complexity index is 4820. The molecule has 9 N–H and O–H groups in total. The van der Waals surface area contributed by atoms with Gasteiger partial charge in [-0.15, -0.1) is 0 Å². The molecule has 84 heavy (non-hydrogen) atoms. The largest absolute Gasteiger partial charge is 0.465 e. The zero-order chi connectivity index (χ0) is 58.3. The molecule has 8 aromatic carbocycles. The minimum atomic E-state index is -0.552. The minimum absolute atomic E-state index is 0.0360. The predicted molar refractivity (Wildman–Crippen MR) is 324 cm³/mol. The summed E-state index contributed by atoms with van der Waals surface area (Å²) in [7, 11) is 1.28. The lowest BCUT2D eigenvalue weighted by Gasteiger charge is -2.20. The average Bonchev–Trinajstić information content (AvgIpc) is 2.08. The number of guanidine groups is 1. The number of aryl methyl sites for hydroxylation is 1. The number of carbonyl (C=O) groups excluding carboxylic acids is 1. The van der Waals surface area contributed by atoms with Gasteiger partial charge in [-0.2, -0.15) is 15.3 Å². The summed E-state index contributed by atoms with van der Waals surface area (Å²) < 4.78 is 28.2. The van der Waals surface area contributed by atoms with Crippen molar-refractivity contribution in [1.29, 1.82) is 0 Å². The van der Waals surface area contributed by atoms with Gasteiger partial charge in [0.05, 0.1) is 62.3 Å². The van der Waals surface area contributed by atoms with E-state index in [4.69, 9.17) is 40.6 Å². The monoisotopic (exact) mass is 1180 g/mol. The Kier molecular flexibility index (Phi) is 14.3. The molecule has 0 radical (unpaired) electrons.